The van der Waals surface area contributed by atoms with Gasteiger partial charge >= 0.3 is 0 Å². The van der Waals surface area contributed by atoms with Gasteiger partial charge in [-0.3, -0.25) is 14.5 Å². The lowest BCUT2D eigenvalue weighted by Gasteiger charge is -2.27. The van der Waals surface area contributed by atoms with Crippen LogP contribution >= 0.6 is 0 Å². The molecule has 0 N–H and O–H groups in total. The van der Waals surface area contributed by atoms with E-state index in [4.69, 9.17) is 0 Å². The highest BCUT2D eigenvalue weighted by Crippen LogP contribution is 2.24. The summed E-state index contributed by atoms with van der Waals surface area (Å²) in [6.45, 7) is 3.88. The molecule has 1 aliphatic heterocycles. The second kappa shape index (κ2) is 6.12. The minimum absolute atomic E-state index is 0.0424. The third kappa shape index (κ3) is 2.69. The smallest absolute Gasteiger partial charge is 0.258 e. The number of carbonyl (C=O) groups is 1. The largest absolute Gasteiger partial charge is 0.329 e. The van der Waals surface area contributed by atoms with Gasteiger partial charge in [0.25, 0.3) is 5.91 Å². The summed E-state index contributed by atoms with van der Waals surface area (Å²) in [6, 6.07) is 3.75. The van der Waals surface area contributed by atoms with Crippen LogP contribution in [0.15, 0.2) is 30.7 Å². The van der Waals surface area contributed by atoms with Crippen LogP contribution in [-0.2, 0) is 26.6 Å². The summed E-state index contributed by atoms with van der Waals surface area (Å²) in [5.41, 5.74) is 2.07. The Morgan fingerprint density at radius 2 is 2.16 bits per heavy atom. The maximum absolute atomic E-state index is 13.1. The van der Waals surface area contributed by atoms with Crippen molar-refractivity contribution in [1.82, 2.24) is 34.4 Å². The van der Waals surface area contributed by atoms with Crippen molar-refractivity contribution in [2.45, 2.75) is 26.4 Å². The summed E-state index contributed by atoms with van der Waals surface area (Å²) >= 11 is 0. The monoisotopic (exact) mass is 337 g/mol. The topological polar surface area (TPSA) is 81.7 Å². The van der Waals surface area contributed by atoms with Crippen molar-refractivity contribution in [2.75, 3.05) is 6.54 Å². The van der Waals surface area contributed by atoms with Gasteiger partial charge in [0.1, 0.15) is 11.5 Å². The van der Waals surface area contributed by atoms with E-state index in [1.165, 1.54) is 0 Å². The van der Waals surface area contributed by atoms with E-state index in [2.05, 4.69) is 31.8 Å². The van der Waals surface area contributed by atoms with Crippen LogP contribution in [0, 0.1) is 0 Å². The molecule has 25 heavy (non-hydrogen) atoms. The predicted octanol–water partition coefficient (Wildman–Crippen LogP) is 1.29. The van der Waals surface area contributed by atoms with E-state index in [1.807, 2.05) is 19.2 Å². The van der Waals surface area contributed by atoms with E-state index in [-0.39, 0.29) is 5.91 Å². The lowest BCUT2D eigenvalue weighted by Crippen LogP contribution is -2.38. The molecule has 0 fully saturated rings. The molecule has 8 heteroatoms. The highest BCUT2D eigenvalue weighted by molar-refractivity contribution is 5.99. The van der Waals surface area contributed by atoms with Crippen LogP contribution in [0.1, 0.15) is 28.9 Å². The van der Waals surface area contributed by atoms with Gasteiger partial charge in [0.05, 0.1) is 12.1 Å². The zero-order valence-corrected chi connectivity index (χ0v) is 14.3. The average molecular weight is 337 g/mol. The maximum Gasteiger partial charge on any atom is 0.258 e. The van der Waals surface area contributed by atoms with E-state index < -0.39 is 0 Å². The molecule has 128 valence electrons. The second-order valence-corrected chi connectivity index (χ2v) is 6.07. The van der Waals surface area contributed by atoms with Crippen molar-refractivity contribution >= 4 is 5.91 Å². The van der Waals surface area contributed by atoms with Crippen LogP contribution < -0.4 is 0 Å². The summed E-state index contributed by atoms with van der Waals surface area (Å²) < 4.78 is 3.77. The normalized spacial score (nSPS) is 13.8. The number of carbonyl (C=O) groups excluding carboxylic acids is 1. The Labute approximate surface area is 145 Å². The molecule has 4 rings (SSSR count). The standard InChI is InChI=1S/C17H19N7O/c1-3-14-19-20-15-11-23(7-8-24(14)15)17(25)13-10-22(2)21-16(13)12-5-4-6-18-9-12/h4-6,9-10H,3,7-8,11H2,1-2H3. The van der Waals surface area contributed by atoms with Crippen LogP contribution in [0.4, 0.5) is 0 Å². The molecule has 0 atom stereocenters. The Morgan fingerprint density at radius 3 is 2.92 bits per heavy atom. The lowest BCUT2D eigenvalue weighted by atomic mass is 10.1. The van der Waals surface area contributed by atoms with Gasteiger partial charge in [-0.1, -0.05) is 6.92 Å². The molecule has 1 aliphatic rings. The fourth-order valence-electron chi connectivity index (χ4n) is 3.18. The van der Waals surface area contributed by atoms with Gasteiger partial charge < -0.3 is 9.47 Å². The minimum Gasteiger partial charge on any atom is -0.329 e. The Balaban J connectivity index is 1.64. The zero-order valence-electron chi connectivity index (χ0n) is 14.3. The number of hydrogen-bond donors (Lipinski definition) is 0. The molecule has 0 aromatic carbocycles. The molecule has 0 unspecified atom stereocenters. The Kier molecular flexibility index (Phi) is 3.79. The predicted molar refractivity (Wildman–Crippen MR) is 90.6 cm³/mol. The van der Waals surface area contributed by atoms with Crippen LogP contribution in [0.25, 0.3) is 11.3 Å². The number of rotatable bonds is 3. The van der Waals surface area contributed by atoms with Crippen LogP contribution in [0.2, 0.25) is 0 Å². The summed E-state index contributed by atoms with van der Waals surface area (Å²) in [5.74, 6) is 1.77. The summed E-state index contributed by atoms with van der Waals surface area (Å²) in [5, 5.41) is 12.9. The van der Waals surface area contributed by atoms with E-state index in [1.54, 1.807) is 28.2 Å². The van der Waals surface area contributed by atoms with Crippen molar-refractivity contribution in [1.29, 1.82) is 0 Å². The Hall–Kier alpha value is -3.03. The molecule has 1 amide bonds. The third-order valence-electron chi connectivity index (χ3n) is 4.43. The van der Waals surface area contributed by atoms with Crippen molar-refractivity contribution < 1.29 is 4.79 Å². The van der Waals surface area contributed by atoms with E-state index in [0.29, 0.717) is 24.3 Å². The first-order valence-corrected chi connectivity index (χ1v) is 8.31. The van der Waals surface area contributed by atoms with Crippen LogP contribution in [0.3, 0.4) is 0 Å². The first-order valence-electron chi connectivity index (χ1n) is 8.31. The number of aromatic nitrogens is 6. The molecule has 0 bridgehead atoms. The second-order valence-electron chi connectivity index (χ2n) is 6.07. The number of amides is 1. The van der Waals surface area contributed by atoms with Crippen molar-refractivity contribution in [2.24, 2.45) is 7.05 Å². The highest BCUT2D eigenvalue weighted by atomic mass is 16.2. The molecular weight excluding hydrogens is 318 g/mol. The number of aryl methyl sites for hydroxylation is 2. The minimum atomic E-state index is -0.0424. The molecule has 3 aromatic heterocycles. The zero-order chi connectivity index (χ0) is 17.4. The first-order chi connectivity index (χ1) is 12.2. The van der Waals surface area contributed by atoms with Gasteiger partial charge in [0, 0.05) is 50.7 Å². The fourth-order valence-corrected chi connectivity index (χ4v) is 3.18. The van der Waals surface area contributed by atoms with Crippen LogP contribution in [0.5, 0.6) is 0 Å². The Morgan fingerprint density at radius 1 is 1.28 bits per heavy atom. The molecular formula is C17H19N7O. The first kappa shape index (κ1) is 15.5. The van der Waals surface area contributed by atoms with Crippen molar-refractivity contribution in [3.05, 3.63) is 47.9 Å². The van der Waals surface area contributed by atoms with Crippen molar-refractivity contribution in [3.8, 4) is 11.3 Å². The van der Waals surface area contributed by atoms with Gasteiger partial charge in [-0.25, -0.2) is 0 Å². The van der Waals surface area contributed by atoms with Gasteiger partial charge in [0.2, 0.25) is 0 Å². The Bertz CT molecular complexity index is 912. The molecule has 0 saturated heterocycles. The number of hydrogen-bond acceptors (Lipinski definition) is 5. The SMILES string of the molecule is CCc1nnc2n1CCN(C(=O)c1cn(C)nc1-c1cccnc1)C2. The molecule has 3 aromatic rings. The lowest BCUT2D eigenvalue weighted by molar-refractivity contribution is 0.0707. The van der Waals surface area contributed by atoms with Gasteiger partial charge in [-0.05, 0) is 12.1 Å². The molecule has 0 spiro atoms. The summed E-state index contributed by atoms with van der Waals surface area (Å²) in [4.78, 5) is 19.0. The van der Waals surface area contributed by atoms with Gasteiger partial charge in [0.15, 0.2) is 5.82 Å². The number of pyridine rings is 1. The van der Waals surface area contributed by atoms with Crippen molar-refractivity contribution in [3.63, 3.8) is 0 Å². The quantitative estimate of drug-likeness (QED) is 0.719. The average Bonchev–Trinajstić information content (AvgIpc) is 3.24. The van der Waals surface area contributed by atoms with E-state index in [0.717, 1.165) is 30.2 Å². The highest BCUT2D eigenvalue weighted by Gasteiger charge is 2.27. The molecule has 8 nitrogen and oxygen atoms in total. The summed E-state index contributed by atoms with van der Waals surface area (Å²) in [6.07, 6.45) is 6.03. The molecule has 4 heterocycles. The number of fused-ring (bicyclic) bond motifs is 1. The van der Waals surface area contributed by atoms with Crippen LogP contribution in [-0.4, -0.2) is 46.9 Å². The van der Waals surface area contributed by atoms with E-state index >= 15 is 0 Å². The summed E-state index contributed by atoms with van der Waals surface area (Å²) in [7, 11) is 1.82. The number of nitrogens with zero attached hydrogens (tertiary/aromatic N) is 7. The maximum atomic E-state index is 13.1. The molecule has 0 saturated carbocycles. The molecule has 0 radical (unpaired) electrons. The third-order valence-corrected chi connectivity index (χ3v) is 4.43. The van der Waals surface area contributed by atoms with Gasteiger partial charge in [-0.15, -0.1) is 10.2 Å². The van der Waals surface area contributed by atoms with Gasteiger partial charge in [-0.2, -0.15) is 5.10 Å². The van der Waals surface area contributed by atoms with E-state index in [9.17, 15) is 4.79 Å². The fraction of sp³-hybridized carbons (Fsp3) is 0.353. The molecule has 0 aliphatic carbocycles.